The number of rotatable bonds is 5. The first kappa shape index (κ1) is 24.9. The predicted octanol–water partition coefficient (Wildman–Crippen LogP) is 6.13. The highest BCUT2D eigenvalue weighted by Gasteiger charge is 2.34. The lowest BCUT2D eigenvalue weighted by molar-refractivity contribution is -0.138. The maximum Gasteiger partial charge on any atom is 0.416 e. The number of pyridine rings is 1. The molecule has 37 heavy (non-hydrogen) atoms. The number of hydrogen-bond acceptors (Lipinski definition) is 4. The van der Waals surface area contributed by atoms with Gasteiger partial charge >= 0.3 is 6.18 Å². The normalized spacial score (nSPS) is 15.6. The van der Waals surface area contributed by atoms with E-state index in [9.17, 15) is 18.0 Å². The molecule has 0 spiro atoms. The molecule has 1 fully saturated rings. The van der Waals surface area contributed by atoms with Crippen LogP contribution in [0.25, 0.3) is 10.9 Å². The van der Waals surface area contributed by atoms with Crippen LogP contribution in [0.1, 0.15) is 24.1 Å². The highest BCUT2D eigenvalue weighted by molar-refractivity contribution is 5.84. The molecule has 1 unspecified atom stereocenters. The summed E-state index contributed by atoms with van der Waals surface area (Å²) in [5, 5.41) is 4.14. The number of benzene rings is 3. The quantitative estimate of drug-likeness (QED) is 0.354. The summed E-state index contributed by atoms with van der Waals surface area (Å²) in [5.74, 6) is 0. The van der Waals surface area contributed by atoms with E-state index in [0.717, 1.165) is 49.0 Å². The van der Waals surface area contributed by atoms with Crippen LogP contribution in [0.2, 0.25) is 0 Å². The van der Waals surface area contributed by atoms with Crippen molar-refractivity contribution in [3.05, 3.63) is 100 Å². The first-order valence-corrected chi connectivity index (χ1v) is 12.3. The molecule has 1 aliphatic rings. The first-order valence-electron chi connectivity index (χ1n) is 12.3. The van der Waals surface area contributed by atoms with E-state index in [4.69, 9.17) is 0 Å². The van der Waals surface area contributed by atoms with Gasteiger partial charge in [-0.2, -0.15) is 13.2 Å². The summed E-state index contributed by atoms with van der Waals surface area (Å²) in [7, 11) is 2.13. The second-order valence-corrected chi connectivity index (χ2v) is 9.54. The molecule has 5 nitrogen and oxygen atoms in total. The van der Waals surface area contributed by atoms with Crippen molar-refractivity contribution in [3.8, 4) is 0 Å². The lowest BCUT2D eigenvalue weighted by Crippen LogP contribution is -2.44. The van der Waals surface area contributed by atoms with Gasteiger partial charge in [-0.1, -0.05) is 24.3 Å². The first-order chi connectivity index (χ1) is 17.7. The summed E-state index contributed by atoms with van der Waals surface area (Å²) < 4.78 is 42.6. The third-order valence-corrected chi connectivity index (χ3v) is 7.06. The molecule has 1 atom stereocenters. The van der Waals surface area contributed by atoms with E-state index in [1.165, 1.54) is 28.5 Å². The fourth-order valence-electron chi connectivity index (χ4n) is 4.98. The molecule has 4 aromatic rings. The van der Waals surface area contributed by atoms with E-state index < -0.39 is 17.8 Å². The summed E-state index contributed by atoms with van der Waals surface area (Å²) in [6, 6.07) is 21.5. The molecule has 0 saturated carbocycles. The Balaban J connectivity index is 1.46. The summed E-state index contributed by atoms with van der Waals surface area (Å²) in [6.07, 6.45) is -4.51. The highest BCUT2D eigenvalue weighted by Crippen LogP contribution is 2.36. The van der Waals surface area contributed by atoms with Crippen LogP contribution in [0.4, 0.5) is 30.2 Å². The number of nitrogens with one attached hydrogen (secondary N) is 1. The molecule has 1 aromatic heterocycles. The lowest BCUT2D eigenvalue weighted by atomic mass is 10.00. The number of alkyl halides is 3. The Morgan fingerprint density at radius 3 is 2.19 bits per heavy atom. The average molecular weight is 507 g/mol. The fraction of sp³-hybridized carbons (Fsp3) is 0.276. The molecule has 0 radical (unpaired) electrons. The number of anilines is 3. The number of piperazine rings is 1. The Bertz CT molecular complexity index is 1450. The van der Waals surface area contributed by atoms with Crippen molar-refractivity contribution in [2.24, 2.45) is 0 Å². The molecule has 1 aliphatic heterocycles. The molecule has 3 aromatic carbocycles. The third-order valence-electron chi connectivity index (χ3n) is 7.06. The van der Waals surface area contributed by atoms with E-state index >= 15 is 0 Å². The van der Waals surface area contributed by atoms with Crippen molar-refractivity contribution in [2.45, 2.75) is 19.1 Å². The van der Waals surface area contributed by atoms with Gasteiger partial charge in [-0.25, -0.2) is 0 Å². The van der Waals surface area contributed by atoms with Gasteiger partial charge in [0.1, 0.15) is 0 Å². The van der Waals surface area contributed by atoms with E-state index in [2.05, 4.69) is 34.3 Å². The van der Waals surface area contributed by atoms with E-state index in [-0.39, 0.29) is 11.1 Å². The molecule has 2 heterocycles. The topological polar surface area (TPSA) is 40.5 Å². The van der Waals surface area contributed by atoms with Crippen molar-refractivity contribution >= 4 is 28.0 Å². The lowest BCUT2D eigenvalue weighted by Gasteiger charge is -2.34. The van der Waals surface area contributed by atoms with Gasteiger partial charge in [0.05, 0.1) is 17.1 Å². The van der Waals surface area contributed by atoms with Crippen LogP contribution in [0.3, 0.4) is 0 Å². The SMILES string of the molecule is CC(c1ccccc1C(F)(F)F)n1c(=O)ccc2ccc(Nc3ccc(N4CCN(C)CC4)cc3)cc21. The maximum absolute atomic E-state index is 13.7. The summed E-state index contributed by atoms with van der Waals surface area (Å²) in [6.45, 7) is 5.67. The number of fused-ring (bicyclic) bond motifs is 1. The highest BCUT2D eigenvalue weighted by atomic mass is 19.4. The molecule has 0 amide bonds. The zero-order chi connectivity index (χ0) is 26.2. The summed E-state index contributed by atoms with van der Waals surface area (Å²) in [4.78, 5) is 17.6. The van der Waals surface area contributed by atoms with Crippen molar-refractivity contribution in [2.75, 3.05) is 43.4 Å². The third kappa shape index (κ3) is 5.20. The Morgan fingerprint density at radius 1 is 0.838 bits per heavy atom. The van der Waals surface area contributed by atoms with Crippen LogP contribution in [0.15, 0.2) is 83.7 Å². The average Bonchev–Trinajstić information content (AvgIpc) is 2.89. The van der Waals surface area contributed by atoms with Gasteiger partial charge in [-0.3, -0.25) is 4.79 Å². The van der Waals surface area contributed by atoms with Crippen molar-refractivity contribution < 1.29 is 13.2 Å². The number of halogens is 3. The Labute approximate surface area is 213 Å². The largest absolute Gasteiger partial charge is 0.416 e. The van der Waals surface area contributed by atoms with E-state index in [1.807, 2.05) is 30.3 Å². The molecule has 0 bridgehead atoms. The molecular formula is C29H29F3N4O. The van der Waals surface area contributed by atoms with Gasteiger partial charge in [0.2, 0.25) is 0 Å². The van der Waals surface area contributed by atoms with E-state index in [0.29, 0.717) is 5.52 Å². The van der Waals surface area contributed by atoms with E-state index in [1.54, 1.807) is 19.1 Å². The Morgan fingerprint density at radius 2 is 1.49 bits per heavy atom. The molecular weight excluding hydrogens is 477 g/mol. The van der Waals surface area contributed by atoms with Crippen LogP contribution in [0, 0.1) is 0 Å². The van der Waals surface area contributed by atoms with Crippen LogP contribution in [-0.4, -0.2) is 42.7 Å². The zero-order valence-electron chi connectivity index (χ0n) is 20.8. The molecule has 8 heteroatoms. The van der Waals surface area contributed by atoms with Crippen LogP contribution in [-0.2, 0) is 6.18 Å². The minimum Gasteiger partial charge on any atom is -0.369 e. The smallest absolute Gasteiger partial charge is 0.369 e. The van der Waals surface area contributed by atoms with Crippen LogP contribution in [0.5, 0.6) is 0 Å². The Hall–Kier alpha value is -3.78. The molecule has 1 saturated heterocycles. The van der Waals surface area contributed by atoms with Crippen molar-refractivity contribution in [3.63, 3.8) is 0 Å². The van der Waals surface area contributed by atoms with Gasteiger partial charge in [-0.15, -0.1) is 0 Å². The summed E-state index contributed by atoms with van der Waals surface area (Å²) in [5.41, 5.74) is 2.33. The van der Waals surface area contributed by atoms with Crippen molar-refractivity contribution in [1.82, 2.24) is 9.47 Å². The monoisotopic (exact) mass is 506 g/mol. The molecule has 5 rings (SSSR count). The van der Waals surface area contributed by atoms with Crippen LogP contribution < -0.4 is 15.8 Å². The van der Waals surface area contributed by atoms with Gasteiger partial charge in [-0.05, 0) is 73.5 Å². The Kier molecular flexibility index (Phi) is 6.69. The van der Waals surface area contributed by atoms with Gasteiger partial charge < -0.3 is 19.7 Å². The zero-order valence-corrected chi connectivity index (χ0v) is 20.8. The van der Waals surface area contributed by atoms with Gasteiger partial charge in [0, 0.05) is 49.3 Å². The van der Waals surface area contributed by atoms with Crippen LogP contribution >= 0.6 is 0 Å². The van der Waals surface area contributed by atoms with Gasteiger partial charge in [0.25, 0.3) is 5.56 Å². The fourth-order valence-corrected chi connectivity index (χ4v) is 4.98. The molecule has 1 N–H and O–H groups in total. The maximum atomic E-state index is 13.7. The second kappa shape index (κ2) is 9.94. The van der Waals surface area contributed by atoms with Crippen molar-refractivity contribution in [1.29, 1.82) is 0 Å². The number of nitrogens with zero attached hydrogens (tertiary/aromatic N) is 3. The molecule has 0 aliphatic carbocycles. The standard InChI is InChI=1S/C29H29F3N4O/c1-20(25-5-3-4-6-26(25)29(30,31)32)36-27-19-23(9-7-21(27)8-14-28(36)37)33-22-10-12-24(13-11-22)35-17-15-34(2)16-18-35/h3-14,19-20,33H,15-18H2,1-2H3. The summed E-state index contributed by atoms with van der Waals surface area (Å²) >= 11 is 0. The minimum atomic E-state index is -4.51. The second-order valence-electron chi connectivity index (χ2n) is 9.54. The number of likely N-dealkylation sites (N-methyl/N-ethyl adjacent to an activating group) is 1. The predicted molar refractivity (Wildman–Crippen MR) is 143 cm³/mol. The number of hydrogen-bond donors (Lipinski definition) is 1. The van der Waals surface area contributed by atoms with Gasteiger partial charge in [0.15, 0.2) is 0 Å². The molecule has 192 valence electrons. The number of aromatic nitrogens is 1. The minimum absolute atomic E-state index is 0.0578.